The van der Waals surface area contributed by atoms with Gasteiger partial charge in [0.15, 0.2) is 0 Å². The lowest BCUT2D eigenvalue weighted by Crippen LogP contribution is -2.29. The molecular weight excluding hydrogens is 603 g/mol. The summed E-state index contributed by atoms with van der Waals surface area (Å²) in [7, 11) is 0. The summed E-state index contributed by atoms with van der Waals surface area (Å²) in [5, 5.41) is 0. The Kier molecular flexibility index (Phi) is 7.59. The van der Waals surface area contributed by atoms with Gasteiger partial charge in [-0.25, -0.2) is 0 Å². The Morgan fingerprint density at radius 1 is 0.400 bits per heavy atom. The molecule has 50 heavy (non-hydrogen) atoms. The maximum Gasteiger partial charge on any atom is 0.0713 e. The highest BCUT2D eigenvalue weighted by molar-refractivity contribution is 5.86. The molecule has 1 nitrogen and oxygen atoms in total. The molecule has 0 fully saturated rings. The number of rotatable bonds is 7. The van der Waals surface area contributed by atoms with E-state index < -0.39 is 0 Å². The highest BCUT2D eigenvalue weighted by atomic mass is 15.2. The van der Waals surface area contributed by atoms with Crippen LogP contribution in [0.3, 0.4) is 0 Å². The van der Waals surface area contributed by atoms with Crippen LogP contribution < -0.4 is 4.90 Å². The third-order valence-electron chi connectivity index (χ3n) is 10.5. The van der Waals surface area contributed by atoms with Gasteiger partial charge < -0.3 is 4.90 Å². The molecule has 2 aliphatic carbocycles. The lowest BCUT2D eigenvalue weighted by atomic mass is 9.67. The normalized spacial score (nSPS) is 15.3. The molecule has 9 rings (SSSR count). The van der Waals surface area contributed by atoms with E-state index in [1.807, 2.05) is 0 Å². The summed E-state index contributed by atoms with van der Waals surface area (Å²) in [6, 6.07) is 67.0. The predicted molar refractivity (Wildman–Crippen MR) is 210 cm³/mol. The molecule has 0 aliphatic heterocycles. The molecular formula is C49H37N. The van der Waals surface area contributed by atoms with Crippen LogP contribution in [0.1, 0.15) is 28.7 Å². The van der Waals surface area contributed by atoms with Crippen LogP contribution in [0.5, 0.6) is 0 Å². The molecule has 0 saturated carbocycles. The van der Waals surface area contributed by atoms with Gasteiger partial charge >= 0.3 is 0 Å². The van der Waals surface area contributed by atoms with Crippen LogP contribution in [0.15, 0.2) is 206 Å². The van der Waals surface area contributed by atoms with Crippen LogP contribution >= 0.6 is 0 Å². The van der Waals surface area contributed by atoms with Crippen molar-refractivity contribution in [1.29, 1.82) is 0 Å². The number of hydrogen-bond acceptors (Lipinski definition) is 1. The first-order valence-corrected chi connectivity index (χ1v) is 17.5. The molecule has 2 aliphatic rings. The molecule has 0 saturated heterocycles. The van der Waals surface area contributed by atoms with Gasteiger partial charge in [0.25, 0.3) is 0 Å². The number of allylic oxidation sites excluding steroid dienone is 2. The second-order valence-electron chi connectivity index (χ2n) is 13.2. The Morgan fingerprint density at radius 2 is 0.840 bits per heavy atom. The van der Waals surface area contributed by atoms with Crippen LogP contribution in [-0.4, -0.2) is 6.04 Å². The molecule has 0 N–H and O–H groups in total. The van der Waals surface area contributed by atoms with E-state index in [9.17, 15) is 0 Å². The minimum atomic E-state index is -0.380. The Hall–Kier alpha value is -6.18. The molecule has 0 bridgehead atoms. The Bertz CT molecular complexity index is 2270. The molecule has 7 aromatic rings. The van der Waals surface area contributed by atoms with E-state index in [4.69, 9.17) is 0 Å². The van der Waals surface area contributed by atoms with Gasteiger partial charge in [-0.05, 0) is 86.3 Å². The van der Waals surface area contributed by atoms with Gasteiger partial charge in [-0.1, -0.05) is 182 Å². The van der Waals surface area contributed by atoms with Gasteiger partial charge in [-0.15, -0.1) is 0 Å². The van der Waals surface area contributed by atoms with Gasteiger partial charge in [0.2, 0.25) is 0 Å². The molecule has 0 amide bonds. The van der Waals surface area contributed by atoms with Crippen LogP contribution in [0.4, 0.5) is 11.4 Å². The number of hydrogen-bond donors (Lipinski definition) is 0. The Balaban J connectivity index is 1.07. The third kappa shape index (κ3) is 5.02. The van der Waals surface area contributed by atoms with E-state index >= 15 is 0 Å². The second-order valence-corrected chi connectivity index (χ2v) is 13.2. The fourth-order valence-corrected chi connectivity index (χ4v) is 8.18. The van der Waals surface area contributed by atoms with Crippen molar-refractivity contribution in [2.75, 3.05) is 4.90 Å². The molecule has 0 aromatic heterocycles. The number of fused-ring (bicyclic) bond motifs is 3. The second kappa shape index (κ2) is 12.7. The van der Waals surface area contributed by atoms with Gasteiger partial charge in [0.1, 0.15) is 0 Å². The first-order valence-electron chi connectivity index (χ1n) is 17.5. The van der Waals surface area contributed by atoms with Gasteiger partial charge in [-0.3, -0.25) is 0 Å². The van der Waals surface area contributed by atoms with Crippen molar-refractivity contribution in [3.8, 4) is 33.4 Å². The highest BCUT2D eigenvalue weighted by Crippen LogP contribution is 2.56. The summed E-state index contributed by atoms with van der Waals surface area (Å²) in [5.74, 6) is 0. The quantitative estimate of drug-likeness (QED) is 0.168. The summed E-state index contributed by atoms with van der Waals surface area (Å²) in [6.07, 6.45) is 9.84. The zero-order valence-electron chi connectivity index (χ0n) is 27.9. The van der Waals surface area contributed by atoms with Crippen molar-refractivity contribution in [3.05, 3.63) is 229 Å². The predicted octanol–water partition coefficient (Wildman–Crippen LogP) is 12.4. The summed E-state index contributed by atoms with van der Waals surface area (Å²) >= 11 is 0. The zero-order valence-corrected chi connectivity index (χ0v) is 27.9. The zero-order chi connectivity index (χ0) is 33.3. The molecule has 0 heterocycles. The maximum absolute atomic E-state index is 2.46. The smallest absolute Gasteiger partial charge is 0.0713 e. The van der Waals surface area contributed by atoms with Gasteiger partial charge in [0.05, 0.1) is 11.5 Å². The first-order chi connectivity index (χ1) is 24.8. The molecule has 238 valence electrons. The Labute approximate surface area is 295 Å². The van der Waals surface area contributed by atoms with E-state index in [1.165, 1.54) is 67.0 Å². The minimum absolute atomic E-state index is 0.249. The minimum Gasteiger partial charge on any atom is -0.334 e. The van der Waals surface area contributed by atoms with E-state index in [1.54, 1.807) is 0 Å². The lowest BCUT2D eigenvalue weighted by Gasteiger charge is -2.34. The van der Waals surface area contributed by atoms with E-state index in [-0.39, 0.29) is 11.5 Å². The molecule has 0 spiro atoms. The summed E-state index contributed by atoms with van der Waals surface area (Å²) in [5.41, 5.74) is 14.8. The SMILES string of the molecule is C1=CCC(N(c2ccc(-c3ccccc3)cc2)c2ccc(-c3ccc(C4(c5ccccc5)c5ccccc5-c5ccccc54)cc3)cc2)C=C1. The lowest BCUT2D eigenvalue weighted by molar-refractivity contribution is 0.768. The Morgan fingerprint density at radius 3 is 1.36 bits per heavy atom. The summed E-state index contributed by atoms with van der Waals surface area (Å²) in [6.45, 7) is 0. The fourth-order valence-electron chi connectivity index (χ4n) is 8.18. The van der Waals surface area contributed by atoms with Crippen molar-refractivity contribution in [3.63, 3.8) is 0 Å². The van der Waals surface area contributed by atoms with E-state index in [0.29, 0.717) is 0 Å². The van der Waals surface area contributed by atoms with Crippen molar-refractivity contribution >= 4 is 11.4 Å². The largest absolute Gasteiger partial charge is 0.334 e. The number of nitrogens with zero attached hydrogens (tertiary/aromatic N) is 1. The van der Waals surface area contributed by atoms with Crippen LogP contribution in [0, 0.1) is 0 Å². The summed E-state index contributed by atoms with van der Waals surface area (Å²) in [4.78, 5) is 2.46. The molecule has 1 heteroatoms. The standard InChI is InChI=1S/C49H37N/c1-4-14-36(15-5-1)38-26-32-43(33-27-38)50(42-18-8-3-9-19-42)44-34-28-39(29-35-44)37-24-30-41(31-25-37)49(40-16-6-2-7-17-40)47-22-12-10-20-45(47)46-21-11-13-23-48(46)49/h1-18,20-35,42H,19H2. The fraction of sp³-hybridized carbons (Fsp3) is 0.0612. The maximum atomic E-state index is 2.46. The third-order valence-corrected chi connectivity index (χ3v) is 10.5. The number of anilines is 2. The molecule has 7 aromatic carbocycles. The van der Waals surface area contributed by atoms with Crippen molar-refractivity contribution in [2.24, 2.45) is 0 Å². The van der Waals surface area contributed by atoms with Crippen LogP contribution in [-0.2, 0) is 5.41 Å². The van der Waals surface area contributed by atoms with Crippen LogP contribution in [0.2, 0.25) is 0 Å². The first kappa shape index (κ1) is 29.9. The van der Waals surface area contributed by atoms with Gasteiger partial charge in [0, 0.05) is 11.4 Å². The number of benzene rings is 7. The summed E-state index contributed by atoms with van der Waals surface area (Å²) < 4.78 is 0. The monoisotopic (exact) mass is 639 g/mol. The average molecular weight is 640 g/mol. The topological polar surface area (TPSA) is 3.24 Å². The van der Waals surface area contributed by atoms with Gasteiger partial charge in [-0.2, -0.15) is 0 Å². The van der Waals surface area contributed by atoms with Crippen LogP contribution in [0.25, 0.3) is 33.4 Å². The molecule has 1 unspecified atom stereocenters. The van der Waals surface area contributed by atoms with E-state index in [0.717, 1.165) is 6.42 Å². The van der Waals surface area contributed by atoms with E-state index in [2.05, 4.69) is 211 Å². The van der Waals surface area contributed by atoms with Crippen molar-refractivity contribution in [1.82, 2.24) is 0 Å². The highest BCUT2D eigenvalue weighted by Gasteiger charge is 2.45. The average Bonchev–Trinajstić information content (AvgIpc) is 3.51. The molecule has 1 atom stereocenters. The molecule has 0 radical (unpaired) electrons. The van der Waals surface area contributed by atoms with Crippen molar-refractivity contribution < 1.29 is 0 Å². The van der Waals surface area contributed by atoms with Crippen molar-refractivity contribution in [2.45, 2.75) is 17.9 Å².